The molecule has 5 heteroatoms. The van der Waals surface area contributed by atoms with Crippen LogP contribution in [0, 0.1) is 6.92 Å². The van der Waals surface area contributed by atoms with Crippen LogP contribution >= 0.6 is 54.8 Å². The van der Waals surface area contributed by atoms with Gasteiger partial charge in [-0.2, -0.15) is 0 Å². The second-order valence-corrected chi connectivity index (χ2v) is 8.88. The van der Waals surface area contributed by atoms with E-state index in [1.54, 1.807) is 0 Å². The van der Waals surface area contributed by atoms with Crippen molar-refractivity contribution in [1.29, 1.82) is 0 Å². The second kappa shape index (κ2) is 5.99. The van der Waals surface area contributed by atoms with E-state index in [-0.39, 0.29) is 0 Å². The van der Waals surface area contributed by atoms with Crippen LogP contribution in [0.3, 0.4) is 0 Å². The Bertz CT molecular complexity index is 654. The molecular weight excluding hydrogens is 422 g/mol. The standard InChI is InChI=1S/C15H14Br2ClNS/c1-8-5-10(16)13(7-11(8)18)19-12-3-2-4-14-9(12)6-15(17)20-14/h5-7,12,19H,2-4H2,1H3. The maximum absolute atomic E-state index is 6.24. The molecule has 0 spiro atoms. The number of hydrogen-bond donors (Lipinski definition) is 1. The van der Waals surface area contributed by atoms with Gasteiger partial charge in [-0.3, -0.25) is 0 Å². The zero-order valence-electron chi connectivity index (χ0n) is 11.0. The Morgan fingerprint density at radius 1 is 1.30 bits per heavy atom. The fourth-order valence-electron chi connectivity index (χ4n) is 2.62. The third-order valence-electron chi connectivity index (χ3n) is 3.66. The van der Waals surface area contributed by atoms with Gasteiger partial charge in [-0.05, 0) is 87.4 Å². The normalized spacial score (nSPS) is 17.9. The minimum Gasteiger partial charge on any atom is -0.377 e. The summed E-state index contributed by atoms with van der Waals surface area (Å²) in [7, 11) is 0. The minimum atomic E-state index is 0.372. The van der Waals surface area contributed by atoms with Gasteiger partial charge in [-0.1, -0.05) is 11.6 Å². The Hall–Kier alpha value is -0.0300. The summed E-state index contributed by atoms with van der Waals surface area (Å²) in [5.41, 5.74) is 3.59. The summed E-state index contributed by atoms with van der Waals surface area (Å²) in [5.74, 6) is 0. The first-order valence-electron chi connectivity index (χ1n) is 6.55. The minimum absolute atomic E-state index is 0.372. The van der Waals surface area contributed by atoms with Crippen molar-refractivity contribution in [3.63, 3.8) is 0 Å². The van der Waals surface area contributed by atoms with Gasteiger partial charge in [0.1, 0.15) is 0 Å². The molecule has 0 bridgehead atoms. The van der Waals surface area contributed by atoms with Crippen LogP contribution in [0.5, 0.6) is 0 Å². The topological polar surface area (TPSA) is 12.0 Å². The van der Waals surface area contributed by atoms with E-state index < -0.39 is 0 Å². The molecule has 1 aromatic carbocycles. The van der Waals surface area contributed by atoms with Crippen molar-refractivity contribution in [2.45, 2.75) is 32.2 Å². The molecule has 0 saturated heterocycles. The Morgan fingerprint density at radius 3 is 2.90 bits per heavy atom. The molecule has 2 aromatic rings. The third kappa shape index (κ3) is 2.94. The van der Waals surface area contributed by atoms with Crippen molar-refractivity contribution in [3.8, 4) is 0 Å². The van der Waals surface area contributed by atoms with Gasteiger partial charge in [0.15, 0.2) is 0 Å². The van der Waals surface area contributed by atoms with E-state index in [1.165, 1.54) is 27.1 Å². The van der Waals surface area contributed by atoms with Gasteiger partial charge in [-0.25, -0.2) is 0 Å². The maximum Gasteiger partial charge on any atom is 0.0705 e. The molecule has 1 nitrogen and oxygen atoms in total. The van der Waals surface area contributed by atoms with Gasteiger partial charge in [0, 0.05) is 14.4 Å². The fourth-order valence-corrected chi connectivity index (χ4v) is 5.17. The van der Waals surface area contributed by atoms with Gasteiger partial charge in [0.05, 0.1) is 15.5 Å². The van der Waals surface area contributed by atoms with Crippen LogP contribution in [0.15, 0.2) is 26.5 Å². The largest absolute Gasteiger partial charge is 0.377 e. The number of benzene rings is 1. The molecule has 1 heterocycles. The van der Waals surface area contributed by atoms with Crippen LogP contribution in [0.4, 0.5) is 5.69 Å². The first kappa shape index (κ1) is 14.9. The molecule has 0 fully saturated rings. The van der Waals surface area contributed by atoms with E-state index in [0.717, 1.165) is 27.2 Å². The second-order valence-electron chi connectivity index (χ2n) is 5.10. The van der Waals surface area contributed by atoms with E-state index in [0.29, 0.717) is 6.04 Å². The molecular formula is C15H14Br2ClNS. The van der Waals surface area contributed by atoms with Crippen LogP contribution in [0.1, 0.15) is 34.9 Å². The lowest BCUT2D eigenvalue weighted by atomic mass is 9.94. The number of halogens is 3. The van der Waals surface area contributed by atoms with Gasteiger partial charge in [-0.15, -0.1) is 11.3 Å². The summed E-state index contributed by atoms with van der Waals surface area (Å²) >= 11 is 15.3. The Kier molecular flexibility index (Phi) is 4.46. The Balaban J connectivity index is 1.91. The van der Waals surface area contributed by atoms with Crippen molar-refractivity contribution in [1.82, 2.24) is 0 Å². The summed E-state index contributed by atoms with van der Waals surface area (Å²) in [6.07, 6.45) is 3.59. The highest BCUT2D eigenvalue weighted by molar-refractivity contribution is 9.11. The molecule has 0 radical (unpaired) electrons. The number of thiophene rings is 1. The lowest BCUT2D eigenvalue weighted by Gasteiger charge is -2.25. The number of nitrogens with one attached hydrogen (secondary N) is 1. The number of fused-ring (bicyclic) bond motifs is 1. The van der Waals surface area contributed by atoms with Crippen LogP contribution in [0.2, 0.25) is 5.02 Å². The maximum atomic E-state index is 6.24. The van der Waals surface area contributed by atoms with E-state index in [1.807, 2.05) is 24.3 Å². The zero-order chi connectivity index (χ0) is 14.3. The SMILES string of the molecule is Cc1cc(Br)c(NC2CCCc3sc(Br)cc32)cc1Cl. The fraction of sp³-hybridized carbons (Fsp3) is 0.333. The molecule has 1 atom stereocenters. The van der Waals surface area contributed by atoms with Crippen molar-refractivity contribution in [2.24, 2.45) is 0 Å². The highest BCUT2D eigenvalue weighted by Gasteiger charge is 2.23. The van der Waals surface area contributed by atoms with E-state index >= 15 is 0 Å². The first-order valence-corrected chi connectivity index (χ1v) is 9.33. The summed E-state index contributed by atoms with van der Waals surface area (Å²) < 4.78 is 2.29. The van der Waals surface area contributed by atoms with Crippen LogP contribution in [-0.4, -0.2) is 0 Å². The summed E-state index contributed by atoms with van der Waals surface area (Å²) in [6.45, 7) is 2.02. The monoisotopic (exact) mass is 433 g/mol. The highest BCUT2D eigenvalue weighted by atomic mass is 79.9. The van der Waals surface area contributed by atoms with Crippen LogP contribution in [-0.2, 0) is 6.42 Å². The smallest absolute Gasteiger partial charge is 0.0705 e. The number of anilines is 1. The van der Waals surface area contributed by atoms with Crippen LogP contribution in [0.25, 0.3) is 0 Å². The molecule has 1 aromatic heterocycles. The Morgan fingerprint density at radius 2 is 2.10 bits per heavy atom. The van der Waals surface area contributed by atoms with Crippen molar-refractivity contribution >= 4 is 60.5 Å². The van der Waals surface area contributed by atoms with E-state index in [2.05, 4.69) is 49.3 Å². The highest BCUT2D eigenvalue weighted by Crippen LogP contribution is 2.41. The zero-order valence-corrected chi connectivity index (χ0v) is 15.7. The van der Waals surface area contributed by atoms with Gasteiger partial charge in [0.2, 0.25) is 0 Å². The lowest BCUT2D eigenvalue weighted by Crippen LogP contribution is -2.15. The number of hydrogen-bond acceptors (Lipinski definition) is 2. The predicted molar refractivity (Wildman–Crippen MR) is 95.2 cm³/mol. The van der Waals surface area contributed by atoms with Gasteiger partial charge in [0.25, 0.3) is 0 Å². The molecule has 3 rings (SSSR count). The molecule has 20 heavy (non-hydrogen) atoms. The number of aryl methyl sites for hydroxylation is 2. The van der Waals surface area contributed by atoms with Crippen molar-refractivity contribution < 1.29 is 0 Å². The van der Waals surface area contributed by atoms with E-state index in [4.69, 9.17) is 11.6 Å². The molecule has 1 aliphatic carbocycles. The van der Waals surface area contributed by atoms with Crippen molar-refractivity contribution in [2.75, 3.05) is 5.32 Å². The molecule has 1 aliphatic rings. The average Bonchev–Trinajstić information content (AvgIpc) is 2.77. The predicted octanol–water partition coefficient (Wildman–Crippen LogP) is 6.72. The van der Waals surface area contributed by atoms with Gasteiger partial charge < -0.3 is 5.32 Å². The molecule has 1 N–H and O–H groups in total. The molecule has 0 saturated carbocycles. The Labute approximate surface area is 145 Å². The quantitative estimate of drug-likeness (QED) is 0.552. The first-order chi connectivity index (χ1) is 9.54. The summed E-state index contributed by atoms with van der Waals surface area (Å²) in [5, 5.41) is 4.45. The summed E-state index contributed by atoms with van der Waals surface area (Å²) in [6, 6.07) is 6.70. The van der Waals surface area contributed by atoms with Crippen LogP contribution < -0.4 is 5.32 Å². The van der Waals surface area contributed by atoms with Crippen molar-refractivity contribution in [3.05, 3.63) is 47.5 Å². The average molecular weight is 436 g/mol. The van der Waals surface area contributed by atoms with Gasteiger partial charge >= 0.3 is 0 Å². The third-order valence-corrected chi connectivity index (χ3v) is 6.44. The molecule has 0 aliphatic heterocycles. The molecule has 0 amide bonds. The molecule has 106 valence electrons. The summed E-state index contributed by atoms with van der Waals surface area (Å²) in [4.78, 5) is 1.50. The van der Waals surface area contributed by atoms with E-state index in [9.17, 15) is 0 Å². The number of rotatable bonds is 2. The molecule has 1 unspecified atom stereocenters. The lowest BCUT2D eigenvalue weighted by molar-refractivity contribution is 0.608.